The number of nitrogens with zero attached hydrogens (tertiary/aromatic N) is 1. The van der Waals surface area contributed by atoms with E-state index in [9.17, 15) is 0 Å². The van der Waals surface area contributed by atoms with E-state index in [2.05, 4.69) is 32.0 Å². The lowest BCUT2D eigenvalue weighted by Crippen LogP contribution is -1.96. The lowest BCUT2D eigenvalue weighted by atomic mass is 10.0. The summed E-state index contributed by atoms with van der Waals surface area (Å²) in [5, 5.41) is 8.60. The van der Waals surface area contributed by atoms with Gasteiger partial charge in [-0.15, -0.1) is 11.8 Å². The predicted molar refractivity (Wildman–Crippen MR) is 68.2 cm³/mol. The van der Waals surface area contributed by atoms with Crippen LogP contribution < -0.4 is 4.74 Å². The minimum Gasteiger partial charge on any atom is -0.496 e. The number of aryl methyl sites for hydroxylation is 1. The second kappa shape index (κ2) is 5.81. The number of ether oxygens (including phenoxy) is 1. The van der Waals surface area contributed by atoms with E-state index in [1.54, 1.807) is 18.9 Å². The number of nitriles is 1. The van der Waals surface area contributed by atoms with E-state index in [1.807, 2.05) is 6.92 Å². The van der Waals surface area contributed by atoms with Gasteiger partial charge in [0.15, 0.2) is 0 Å². The number of methoxy groups -OCH3 is 1. The molecule has 0 fully saturated rings. The molecule has 0 aliphatic carbocycles. The molecule has 0 amide bonds. The van der Waals surface area contributed by atoms with Gasteiger partial charge < -0.3 is 4.74 Å². The van der Waals surface area contributed by atoms with Crippen LogP contribution in [0.2, 0.25) is 0 Å². The highest BCUT2D eigenvalue weighted by Gasteiger charge is 2.11. The molecule has 86 valence electrons. The van der Waals surface area contributed by atoms with E-state index in [0.29, 0.717) is 11.7 Å². The van der Waals surface area contributed by atoms with Gasteiger partial charge in [0.1, 0.15) is 5.75 Å². The SMILES string of the molecule is COc1cc(C)c(SCC#N)cc1C(C)C. The van der Waals surface area contributed by atoms with E-state index in [0.717, 1.165) is 5.75 Å². The average molecular weight is 235 g/mol. The van der Waals surface area contributed by atoms with Crippen molar-refractivity contribution in [2.45, 2.75) is 31.6 Å². The van der Waals surface area contributed by atoms with Crippen molar-refractivity contribution in [3.05, 3.63) is 23.3 Å². The Morgan fingerprint density at radius 3 is 2.62 bits per heavy atom. The van der Waals surface area contributed by atoms with Crippen LogP contribution in [0.1, 0.15) is 30.9 Å². The Balaban J connectivity index is 3.12. The van der Waals surface area contributed by atoms with Crippen LogP contribution in [0.15, 0.2) is 17.0 Å². The summed E-state index contributed by atoms with van der Waals surface area (Å²) in [6, 6.07) is 6.34. The van der Waals surface area contributed by atoms with Gasteiger partial charge in [-0.2, -0.15) is 5.26 Å². The number of hydrogen-bond donors (Lipinski definition) is 0. The van der Waals surface area contributed by atoms with E-state index in [-0.39, 0.29) is 0 Å². The fourth-order valence-electron chi connectivity index (χ4n) is 1.57. The van der Waals surface area contributed by atoms with Crippen molar-refractivity contribution in [3.63, 3.8) is 0 Å². The molecule has 0 aliphatic rings. The topological polar surface area (TPSA) is 33.0 Å². The van der Waals surface area contributed by atoms with Gasteiger partial charge in [-0.25, -0.2) is 0 Å². The maximum absolute atomic E-state index is 8.60. The second-order valence-electron chi connectivity index (χ2n) is 3.96. The highest BCUT2D eigenvalue weighted by molar-refractivity contribution is 7.99. The fourth-order valence-corrected chi connectivity index (χ4v) is 2.29. The molecule has 3 heteroatoms. The summed E-state index contributed by atoms with van der Waals surface area (Å²) in [5.74, 6) is 1.86. The van der Waals surface area contributed by atoms with Crippen molar-refractivity contribution in [1.82, 2.24) is 0 Å². The molecule has 0 saturated heterocycles. The summed E-state index contributed by atoms with van der Waals surface area (Å²) >= 11 is 1.58. The molecule has 0 heterocycles. The van der Waals surface area contributed by atoms with Gasteiger partial charge in [-0.05, 0) is 36.1 Å². The smallest absolute Gasteiger partial charge is 0.122 e. The molecule has 0 atom stereocenters. The first-order valence-electron chi connectivity index (χ1n) is 5.28. The van der Waals surface area contributed by atoms with Gasteiger partial charge in [0, 0.05) is 4.90 Å². The highest BCUT2D eigenvalue weighted by Crippen LogP contribution is 2.33. The van der Waals surface area contributed by atoms with Crippen molar-refractivity contribution in [2.75, 3.05) is 12.9 Å². The lowest BCUT2D eigenvalue weighted by molar-refractivity contribution is 0.406. The molecule has 1 aromatic carbocycles. The third kappa shape index (κ3) is 2.93. The Morgan fingerprint density at radius 1 is 1.44 bits per heavy atom. The van der Waals surface area contributed by atoms with Crippen LogP contribution in [0.4, 0.5) is 0 Å². The van der Waals surface area contributed by atoms with Crippen LogP contribution in [0, 0.1) is 18.3 Å². The van der Waals surface area contributed by atoms with Crippen LogP contribution in [0.3, 0.4) is 0 Å². The molecule has 0 aromatic heterocycles. The van der Waals surface area contributed by atoms with Crippen LogP contribution in [-0.2, 0) is 0 Å². The highest BCUT2D eigenvalue weighted by atomic mass is 32.2. The Labute approximate surface area is 102 Å². The van der Waals surface area contributed by atoms with Crippen molar-refractivity contribution >= 4 is 11.8 Å². The monoisotopic (exact) mass is 235 g/mol. The van der Waals surface area contributed by atoms with Gasteiger partial charge in [0.05, 0.1) is 18.9 Å². The zero-order chi connectivity index (χ0) is 12.1. The average Bonchev–Trinajstić information content (AvgIpc) is 2.26. The van der Waals surface area contributed by atoms with Crippen LogP contribution >= 0.6 is 11.8 Å². The largest absolute Gasteiger partial charge is 0.496 e. The number of hydrogen-bond acceptors (Lipinski definition) is 3. The summed E-state index contributed by atoms with van der Waals surface area (Å²) in [6.45, 7) is 6.34. The Hall–Kier alpha value is -1.14. The fraction of sp³-hybridized carbons (Fsp3) is 0.462. The number of benzene rings is 1. The molecular formula is C13H17NOS. The summed E-state index contributed by atoms with van der Waals surface area (Å²) in [4.78, 5) is 1.17. The zero-order valence-electron chi connectivity index (χ0n) is 10.2. The molecule has 0 unspecified atom stereocenters. The van der Waals surface area contributed by atoms with E-state index in [1.165, 1.54) is 16.0 Å². The lowest BCUT2D eigenvalue weighted by Gasteiger charge is -2.15. The summed E-state index contributed by atoms with van der Waals surface area (Å²) in [7, 11) is 1.70. The molecule has 2 nitrogen and oxygen atoms in total. The van der Waals surface area contributed by atoms with Crippen LogP contribution in [0.25, 0.3) is 0 Å². The zero-order valence-corrected chi connectivity index (χ0v) is 11.0. The van der Waals surface area contributed by atoms with Gasteiger partial charge in [-0.1, -0.05) is 13.8 Å². The molecule has 0 radical (unpaired) electrons. The van der Waals surface area contributed by atoms with Gasteiger partial charge in [0.2, 0.25) is 0 Å². The molecule has 1 aromatic rings. The maximum Gasteiger partial charge on any atom is 0.122 e. The number of rotatable bonds is 4. The molecule has 0 aliphatic heterocycles. The molecule has 16 heavy (non-hydrogen) atoms. The summed E-state index contributed by atoms with van der Waals surface area (Å²) in [6.07, 6.45) is 0. The van der Waals surface area contributed by atoms with Gasteiger partial charge in [0.25, 0.3) is 0 Å². The van der Waals surface area contributed by atoms with Crippen molar-refractivity contribution in [2.24, 2.45) is 0 Å². The third-order valence-electron chi connectivity index (χ3n) is 2.44. The van der Waals surface area contributed by atoms with E-state index in [4.69, 9.17) is 10.00 Å². The Morgan fingerprint density at radius 2 is 2.12 bits per heavy atom. The van der Waals surface area contributed by atoms with E-state index >= 15 is 0 Å². The molecule has 0 bridgehead atoms. The van der Waals surface area contributed by atoms with Gasteiger partial charge >= 0.3 is 0 Å². The Bertz CT molecular complexity index is 407. The summed E-state index contributed by atoms with van der Waals surface area (Å²) in [5.41, 5.74) is 2.37. The molecule has 0 spiro atoms. The number of thioether (sulfide) groups is 1. The van der Waals surface area contributed by atoms with E-state index < -0.39 is 0 Å². The molecule has 0 N–H and O–H groups in total. The molecule has 1 rings (SSSR count). The van der Waals surface area contributed by atoms with Crippen molar-refractivity contribution in [3.8, 4) is 11.8 Å². The summed E-state index contributed by atoms with van der Waals surface area (Å²) < 4.78 is 5.37. The molecular weight excluding hydrogens is 218 g/mol. The predicted octanol–water partition coefficient (Wildman–Crippen LogP) is 3.74. The standard InChI is InChI=1S/C13H17NOS/c1-9(2)11-8-13(16-6-5-14)10(3)7-12(11)15-4/h7-9H,6H2,1-4H3. The van der Waals surface area contributed by atoms with Crippen LogP contribution in [0.5, 0.6) is 5.75 Å². The van der Waals surface area contributed by atoms with Crippen molar-refractivity contribution < 1.29 is 4.74 Å². The first-order chi connectivity index (χ1) is 7.60. The first-order valence-corrected chi connectivity index (χ1v) is 6.27. The minimum absolute atomic E-state index is 0.428. The second-order valence-corrected chi connectivity index (χ2v) is 4.98. The first kappa shape index (κ1) is 12.9. The minimum atomic E-state index is 0.428. The van der Waals surface area contributed by atoms with Crippen molar-refractivity contribution in [1.29, 1.82) is 5.26 Å². The quantitative estimate of drug-likeness (QED) is 0.745. The third-order valence-corrected chi connectivity index (χ3v) is 3.47. The Kier molecular flexibility index (Phi) is 4.70. The molecule has 0 saturated carbocycles. The van der Waals surface area contributed by atoms with Crippen LogP contribution in [-0.4, -0.2) is 12.9 Å². The normalized spacial score (nSPS) is 10.2. The van der Waals surface area contributed by atoms with Gasteiger partial charge in [-0.3, -0.25) is 0 Å². The maximum atomic E-state index is 8.60.